The van der Waals surface area contributed by atoms with Gasteiger partial charge in [-0.05, 0) is 49.7 Å². The lowest BCUT2D eigenvalue weighted by atomic mass is 10.1. The predicted molar refractivity (Wildman–Crippen MR) is 120 cm³/mol. The first kappa shape index (κ1) is 24.2. The van der Waals surface area contributed by atoms with E-state index in [9.17, 15) is 13.2 Å². The Morgan fingerprint density at radius 1 is 1.17 bits per heavy atom. The fourth-order valence-electron chi connectivity index (χ4n) is 3.67. The molecule has 1 aliphatic heterocycles. The maximum absolute atomic E-state index is 10.6. The number of aromatic amines is 1. The Labute approximate surface area is 197 Å². The second-order valence-corrected chi connectivity index (χ2v) is 7.88. The number of alkyl halides is 3. The average molecular weight is 489 g/mol. The van der Waals surface area contributed by atoms with Gasteiger partial charge in [-0.3, -0.25) is 4.90 Å². The maximum atomic E-state index is 10.6. The summed E-state index contributed by atoms with van der Waals surface area (Å²) in [6, 6.07) is 14.1. The third-order valence-corrected chi connectivity index (χ3v) is 5.35. The molecule has 12 heteroatoms. The molecule has 9 nitrogen and oxygen atoms in total. The number of hydrogen-bond acceptors (Lipinski definition) is 7. The molecule has 184 valence electrons. The zero-order valence-corrected chi connectivity index (χ0v) is 18.7. The van der Waals surface area contributed by atoms with E-state index in [2.05, 4.69) is 43.2 Å². The van der Waals surface area contributed by atoms with Gasteiger partial charge in [0.1, 0.15) is 11.3 Å². The number of methoxy groups -OCH3 is 1. The number of carboxylic acid groups (broad SMARTS) is 1. The van der Waals surface area contributed by atoms with Gasteiger partial charge in [-0.15, -0.1) is 0 Å². The van der Waals surface area contributed by atoms with Crippen molar-refractivity contribution in [3.8, 4) is 28.9 Å². The number of aromatic nitrogens is 4. The van der Waals surface area contributed by atoms with E-state index in [1.54, 1.807) is 7.11 Å². The van der Waals surface area contributed by atoms with Crippen LogP contribution in [0.15, 0.2) is 47.0 Å². The van der Waals surface area contributed by atoms with Gasteiger partial charge in [0.2, 0.25) is 11.7 Å². The number of likely N-dealkylation sites (tertiary alicyclic amines) is 1. The number of fused-ring (bicyclic) bond motifs is 1. The number of carbonyl (C=O) groups is 1. The SMILES string of the molecule is COc1ccc2cc(-c3nc(-c4cccc(CN5CCCC5)c4)no3)[nH]c2n1.O=C(O)C(F)(F)F. The number of halogens is 3. The van der Waals surface area contributed by atoms with Crippen LogP contribution < -0.4 is 4.74 Å². The van der Waals surface area contributed by atoms with Crippen LogP contribution in [-0.4, -0.2) is 62.5 Å². The second-order valence-electron chi connectivity index (χ2n) is 7.88. The highest BCUT2D eigenvalue weighted by Gasteiger charge is 2.38. The Balaban J connectivity index is 0.000000364. The van der Waals surface area contributed by atoms with Gasteiger partial charge in [0.05, 0.1) is 7.11 Å². The summed E-state index contributed by atoms with van der Waals surface area (Å²) < 4.78 is 42.4. The van der Waals surface area contributed by atoms with Crippen molar-refractivity contribution < 1.29 is 32.3 Å². The van der Waals surface area contributed by atoms with Crippen molar-refractivity contribution in [1.82, 2.24) is 25.0 Å². The van der Waals surface area contributed by atoms with Crippen LogP contribution in [0.2, 0.25) is 0 Å². The van der Waals surface area contributed by atoms with Crippen molar-refractivity contribution in [2.45, 2.75) is 25.6 Å². The molecule has 1 aromatic carbocycles. The van der Waals surface area contributed by atoms with Gasteiger partial charge in [0.15, 0.2) is 0 Å². The first-order chi connectivity index (χ1) is 16.7. The fourth-order valence-corrected chi connectivity index (χ4v) is 3.67. The zero-order valence-electron chi connectivity index (χ0n) is 18.7. The summed E-state index contributed by atoms with van der Waals surface area (Å²) in [6.45, 7) is 3.32. The Morgan fingerprint density at radius 2 is 1.91 bits per heavy atom. The van der Waals surface area contributed by atoms with Gasteiger partial charge >= 0.3 is 12.1 Å². The predicted octanol–water partition coefficient (Wildman–Crippen LogP) is 4.52. The molecule has 0 atom stereocenters. The molecule has 0 unspecified atom stereocenters. The van der Waals surface area contributed by atoms with Crippen LogP contribution in [0.25, 0.3) is 34.0 Å². The molecule has 0 saturated carbocycles. The number of nitrogens with zero attached hydrogens (tertiary/aromatic N) is 4. The molecule has 5 rings (SSSR count). The molecule has 0 amide bonds. The van der Waals surface area contributed by atoms with Crippen LogP contribution in [0.4, 0.5) is 13.2 Å². The van der Waals surface area contributed by atoms with Crippen LogP contribution in [0.3, 0.4) is 0 Å². The highest BCUT2D eigenvalue weighted by molar-refractivity contribution is 5.82. The van der Waals surface area contributed by atoms with E-state index in [0.29, 0.717) is 17.6 Å². The maximum Gasteiger partial charge on any atom is 0.490 e. The zero-order chi connectivity index (χ0) is 25.0. The molecule has 1 saturated heterocycles. The van der Waals surface area contributed by atoms with Crippen molar-refractivity contribution in [2.24, 2.45) is 0 Å². The number of rotatable bonds is 5. The second kappa shape index (κ2) is 10.1. The molecule has 0 spiro atoms. The summed E-state index contributed by atoms with van der Waals surface area (Å²) in [5.74, 6) is -1.17. The van der Waals surface area contributed by atoms with Crippen molar-refractivity contribution in [2.75, 3.05) is 20.2 Å². The number of aliphatic carboxylic acids is 1. The lowest BCUT2D eigenvalue weighted by Crippen LogP contribution is -2.21. The van der Waals surface area contributed by atoms with Crippen molar-refractivity contribution in [1.29, 1.82) is 0 Å². The Hall–Kier alpha value is -3.93. The third kappa shape index (κ3) is 5.96. The van der Waals surface area contributed by atoms with E-state index in [4.69, 9.17) is 19.2 Å². The monoisotopic (exact) mass is 489 g/mol. The Kier molecular flexibility index (Phi) is 7.01. The quantitative estimate of drug-likeness (QED) is 0.420. The molecule has 35 heavy (non-hydrogen) atoms. The van der Waals surface area contributed by atoms with Crippen molar-refractivity contribution in [3.05, 3.63) is 48.0 Å². The van der Waals surface area contributed by atoms with Gasteiger partial charge in [0, 0.05) is 23.6 Å². The molecular weight excluding hydrogens is 467 g/mol. The summed E-state index contributed by atoms with van der Waals surface area (Å²) in [7, 11) is 1.60. The van der Waals surface area contributed by atoms with Crippen LogP contribution in [-0.2, 0) is 11.3 Å². The van der Waals surface area contributed by atoms with Gasteiger partial charge in [0.25, 0.3) is 5.89 Å². The average Bonchev–Trinajstić information content (AvgIpc) is 3.59. The lowest BCUT2D eigenvalue weighted by Gasteiger charge is -2.14. The van der Waals surface area contributed by atoms with E-state index in [0.717, 1.165) is 28.8 Å². The van der Waals surface area contributed by atoms with Gasteiger partial charge in [-0.25, -0.2) is 4.79 Å². The summed E-state index contributed by atoms with van der Waals surface area (Å²) in [5, 5.41) is 12.3. The molecular formula is C23H22F3N5O4. The summed E-state index contributed by atoms with van der Waals surface area (Å²) in [4.78, 5) is 23.6. The van der Waals surface area contributed by atoms with Gasteiger partial charge < -0.3 is 19.4 Å². The van der Waals surface area contributed by atoms with E-state index in [1.165, 1.54) is 31.5 Å². The summed E-state index contributed by atoms with van der Waals surface area (Å²) >= 11 is 0. The smallest absolute Gasteiger partial charge is 0.481 e. The number of hydrogen-bond donors (Lipinski definition) is 2. The number of benzene rings is 1. The van der Waals surface area contributed by atoms with Crippen LogP contribution >= 0.6 is 0 Å². The van der Waals surface area contributed by atoms with Crippen LogP contribution in [0.1, 0.15) is 18.4 Å². The normalized spacial score (nSPS) is 14.1. The van der Waals surface area contributed by atoms with Gasteiger partial charge in [-0.1, -0.05) is 23.4 Å². The van der Waals surface area contributed by atoms with Crippen molar-refractivity contribution >= 4 is 17.0 Å². The molecule has 0 bridgehead atoms. The summed E-state index contributed by atoms with van der Waals surface area (Å²) in [6.07, 6.45) is -2.50. The first-order valence-corrected chi connectivity index (χ1v) is 10.7. The molecule has 3 aromatic heterocycles. The molecule has 0 radical (unpaired) electrons. The van der Waals surface area contributed by atoms with E-state index >= 15 is 0 Å². The minimum absolute atomic E-state index is 0.442. The first-order valence-electron chi connectivity index (χ1n) is 10.7. The van der Waals surface area contributed by atoms with Crippen LogP contribution in [0.5, 0.6) is 5.88 Å². The molecule has 0 aliphatic carbocycles. The third-order valence-electron chi connectivity index (χ3n) is 5.35. The molecule has 4 aromatic rings. The standard InChI is InChI=1S/C21H21N5O2.C2HF3O2/c1-27-18-8-7-16-12-17(22-19(16)23-18)21-24-20(25-28-21)15-6-4-5-14(11-15)13-26-9-2-3-10-26;3-2(4,5)1(6)7/h4-8,11-12H,2-3,9-10,13H2,1H3,(H,22,23);(H,6,7). The topological polar surface area (TPSA) is 117 Å². The number of pyridine rings is 1. The molecule has 4 heterocycles. The van der Waals surface area contributed by atoms with Crippen molar-refractivity contribution in [3.63, 3.8) is 0 Å². The van der Waals surface area contributed by atoms with E-state index in [1.807, 2.05) is 24.3 Å². The number of carboxylic acids is 1. The Bertz CT molecular complexity index is 1310. The number of nitrogens with one attached hydrogen (secondary N) is 1. The fraction of sp³-hybridized carbons (Fsp3) is 0.304. The Morgan fingerprint density at radius 3 is 2.60 bits per heavy atom. The highest BCUT2D eigenvalue weighted by Crippen LogP contribution is 2.26. The summed E-state index contributed by atoms with van der Waals surface area (Å²) in [5.41, 5.74) is 3.69. The molecule has 1 fully saturated rings. The lowest BCUT2D eigenvalue weighted by molar-refractivity contribution is -0.192. The minimum atomic E-state index is -5.08. The highest BCUT2D eigenvalue weighted by atomic mass is 19.4. The van der Waals surface area contributed by atoms with E-state index in [-0.39, 0.29) is 0 Å². The number of H-pyrrole nitrogens is 1. The van der Waals surface area contributed by atoms with E-state index < -0.39 is 12.1 Å². The van der Waals surface area contributed by atoms with Gasteiger partial charge in [-0.2, -0.15) is 23.1 Å². The largest absolute Gasteiger partial charge is 0.490 e. The van der Waals surface area contributed by atoms with Crippen LogP contribution in [0, 0.1) is 0 Å². The molecule has 2 N–H and O–H groups in total. The number of ether oxygens (including phenoxy) is 1. The minimum Gasteiger partial charge on any atom is -0.481 e. The molecule has 1 aliphatic rings.